The second-order valence-corrected chi connectivity index (χ2v) is 7.05. The highest BCUT2D eigenvalue weighted by Gasteiger charge is 2.30. The van der Waals surface area contributed by atoms with Crippen LogP contribution in [-0.4, -0.2) is 52.8 Å². The molecule has 2 aromatic rings. The summed E-state index contributed by atoms with van der Waals surface area (Å²) in [5.74, 6) is -0.271. The van der Waals surface area contributed by atoms with E-state index in [2.05, 4.69) is 4.98 Å². The lowest BCUT2D eigenvalue weighted by Gasteiger charge is -2.34. The number of hydrogen-bond donors (Lipinski definition) is 0. The summed E-state index contributed by atoms with van der Waals surface area (Å²) >= 11 is 0. The zero-order valence-electron chi connectivity index (χ0n) is 16.2. The van der Waals surface area contributed by atoms with Crippen LogP contribution < -0.4 is 0 Å². The summed E-state index contributed by atoms with van der Waals surface area (Å²) < 4.78 is 13.5. The van der Waals surface area contributed by atoms with Gasteiger partial charge in [0.25, 0.3) is 5.91 Å². The molecule has 0 radical (unpaired) electrons. The third kappa shape index (κ3) is 3.94. The molecular weight excluding hydrogens is 345 g/mol. The maximum atomic E-state index is 13.5. The van der Waals surface area contributed by atoms with Crippen molar-refractivity contribution in [1.82, 2.24) is 14.8 Å². The molecule has 0 atom stereocenters. The molecule has 1 aliphatic rings. The Morgan fingerprint density at radius 2 is 1.85 bits per heavy atom. The van der Waals surface area contributed by atoms with E-state index in [4.69, 9.17) is 0 Å². The van der Waals surface area contributed by atoms with E-state index in [0.29, 0.717) is 61.2 Å². The Balaban J connectivity index is 1.77. The molecule has 0 bridgehead atoms. The van der Waals surface area contributed by atoms with E-state index >= 15 is 0 Å². The zero-order chi connectivity index (χ0) is 19.6. The van der Waals surface area contributed by atoms with Gasteiger partial charge in [-0.15, -0.1) is 0 Å². The number of carbonyl (C=O) groups excluding carboxylic acids is 2. The highest BCUT2D eigenvalue weighted by Crippen LogP contribution is 2.25. The molecule has 1 saturated heterocycles. The first-order chi connectivity index (χ1) is 12.9. The van der Waals surface area contributed by atoms with Crippen LogP contribution in [0.4, 0.5) is 4.39 Å². The van der Waals surface area contributed by atoms with Crippen LogP contribution in [0.5, 0.6) is 0 Å². The second kappa shape index (κ2) is 8.03. The molecule has 2 heterocycles. The highest BCUT2D eigenvalue weighted by atomic mass is 19.1. The fraction of sp³-hybridized carbons (Fsp3) is 0.476. The molecule has 0 saturated carbocycles. The van der Waals surface area contributed by atoms with E-state index in [9.17, 15) is 14.0 Å². The van der Waals surface area contributed by atoms with Crippen LogP contribution in [0, 0.1) is 18.7 Å². The normalized spacial score (nSPS) is 15.2. The first-order valence-corrected chi connectivity index (χ1v) is 9.59. The number of hydrogen-bond acceptors (Lipinski definition) is 3. The number of halogens is 1. The van der Waals surface area contributed by atoms with Crippen molar-refractivity contribution in [3.8, 4) is 0 Å². The topological polar surface area (TPSA) is 53.5 Å². The third-order valence-electron chi connectivity index (χ3n) is 5.34. The first-order valence-electron chi connectivity index (χ1n) is 9.59. The van der Waals surface area contributed by atoms with Gasteiger partial charge in [0, 0.05) is 49.2 Å². The van der Waals surface area contributed by atoms with Crippen LogP contribution in [-0.2, 0) is 4.79 Å². The molecule has 144 valence electrons. The Morgan fingerprint density at radius 1 is 1.19 bits per heavy atom. The van der Waals surface area contributed by atoms with Crippen molar-refractivity contribution >= 4 is 22.7 Å². The van der Waals surface area contributed by atoms with Gasteiger partial charge in [0.1, 0.15) is 5.82 Å². The summed E-state index contributed by atoms with van der Waals surface area (Å²) in [4.78, 5) is 33.6. The number of pyridine rings is 1. The largest absolute Gasteiger partial charge is 0.343 e. The number of piperidine rings is 1. The Bertz CT molecular complexity index is 851. The lowest BCUT2D eigenvalue weighted by atomic mass is 9.94. The summed E-state index contributed by atoms with van der Waals surface area (Å²) in [5.41, 5.74) is 1.72. The maximum Gasteiger partial charge on any atom is 0.254 e. The van der Waals surface area contributed by atoms with Gasteiger partial charge in [0.15, 0.2) is 0 Å². The number of carbonyl (C=O) groups is 2. The van der Waals surface area contributed by atoms with E-state index < -0.39 is 0 Å². The van der Waals surface area contributed by atoms with Crippen LogP contribution in [0.2, 0.25) is 0 Å². The van der Waals surface area contributed by atoms with Crippen molar-refractivity contribution in [2.75, 3.05) is 26.2 Å². The number of likely N-dealkylation sites (tertiary alicyclic amines) is 1. The Labute approximate surface area is 159 Å². The maximum absolute atomic E-state index is 13.5. The van der Waals surface area contributed by atoms with E-state index in [1.807, 2.05) is 18.7 Å². The van der Waals surface area contributed by atoms with Crippen LogP contribution >= 0.6 is 0 Å². The molecule has 5 nitrogen and oxygen atoms in total. The van der Waals surface area contributed by atoms with Gasteiger partial charge < -0.3 is 9.80 Å². The molecule has 0 N–H and O–H groups in total. The number of nitrogens with zero attached hydrogens (tertiary/aromatic N) is 3. The molecule has 0 aliphatic carbocycles. The third-order valence-corrected chi connectivity index (χ3v) is 5.34. The predicted octanol–water partition coefficient (Wildman–Crippen LogP) is 3.40. The molecule has 27 heavy (non-hydrogen) atoms. The van der Waals surface area contributed by atoms with Gasteiger partial charge in [-0.25, -0.2) is 4.39 Å². The molecular formula is C21H26FN3O2. The van der Waals surface area contributed by atoms with Crippen molar-refractivity contribution in [1.29, 1.82) is 0 Å². The fourth-order valence-electron chi connectivity index (χ4n) is 3.80. The van der Waals surface area contributed by atoms with Crippen molar-refractivity contribution in [2.24, 2.45) is 5.92 Å². The van der Waals surface area contributed by atoms with Gasteiger partial charge in [-0.1, -0.05) is 0 Å². The standard InChI is InChI=1S/C21H26FN3O2/c1-4-24(5-2)20(26)15-8-10-25(11-9-15)21(27)18-12-14(3)23-19-13-16(22)6-7-17(18)19/h6-7,12-13,15H,4-5,8-11H2,1-3H3. The number of fused-ring (bicyclic) bond motifs is 1. The minimum absolute atomic E-state index is 0.0148. The van der Waals surface area contributed by atoms with Crippen molar-refractivity contribution < 1.29 is 14.0 Å². The Hall–Kier alpha value is -2.50. The van der Waals surface area contributed by atoms with Crippen molar-refractivity contribution in [2.45, 2.75) is 33.6 Å². The summed E-state index contributed by atoms with van der Waals surface area (Å²) in [6.45, 7) is 8.32. The van der Waals surface area contributed by atoms with E-state index in [-0.39, 0.29) is 23.5 Å². The van der Waals surface area contributed by atoms with Crippen molar-refractivity contribution in [3.63, 3.8) is 0 Å². The van der Waals surface area contributed by atoms with Crippen molar-refractivity contribution in [3.05, 3.63) is 41.3 Å². The SMILES string of the molecule is CCN(CC)C(=O)C1CCN(C(=O)c2cc(C)nc3cc(F)ccc23)CC1. The molecule has 1 fully saturated rings. The van der Waals surface area contributed by atoms with Crippen LogP contribution in [0.3, 0.4) is 0 Å². The summed E-state index contributed by atoms with van der Waals surface area (Å²) in [6, 6.07) is 6.08. The average Bonchev–Trinajstić information content (AvgIpc) is 2.67. The minimum atomic E-state index is -0.366. The van der Waals surface area contributed by atoms with Gasteiger partial charge in [-0.05, 0) is 51.8 Å². The van der Waals surface area contributed by atoms with E-state index in [1.54, 1.807) is 24.0 Å². The summed E-state index contributed by atoms with van der Waals surface area (Å²) in [7, 11) is 0. The van der Waals surface area contributed by atoms with E-state index in [0.717, 1.165) is 0 Å². The van der Waals surface area contributed by atoms with Gasteiger partial charge in [0.2, 0.25) is 5.91 Å². The summed E-state index contributed by atoms with van der Waals surface area (Å²) in [5, 5.41) is 0.661. The zero-order valence-corrected chi connectivity index (χ0v) is 16.2. The Kier molecular flexibility index (Phi) is 5.73. The van der Waals surface area contributed by atoms with Gasteiger partial charge in [0.05, 0.1) is 11.1 Å². The molecule has 0 unspecified atom stereocenters. The molecule has 2 amide bonds. The Morgan fingerprint density at radius 3 is 2.48 bits per heavy atom. The number of rotatable bonds is 4. The average molecular weight is 371 g/mol. The lowest BCUT2D eigenvalue weighted by Crippen LogP contribution is -2.44. The molecule has 6 heteroatoms. The van der Waals surface area contributed by atoms with E-state index in [1.165, 1.54) is 12.1 Å². The molecule has 1 aromatic heterocycles. The molecule has 3 rings (SSSR count). The molecule has 1 aliphatic heterocycles. The van der Waals surface area contributed by atoms with Gasteiger partial charge in [-0.3, -0.25) is 14.6 Å². The molecule has 0 spiro atoms. The fourth-order valence-corrected chi connectivity index (χ4v) is 3.80. The lowest BCUT2D eigenvalue weighted by molar-refractivity contribution is -0.136. The quantitative estimate of drug-likeness (QED) is 0.828. The smallest absolute Gasteiger partial charge is 0.254 e. The molecule has 1 aromatic carbocycles. The predicted molar refractivity (Wildman–Crippen MR) is 103 cm³/mol. The van der Waals surface area contributed by atoms with Crippen LogP contribution in [0.1, 0.15) is 42.7 Å². The number of aromatic nitrogens is 1. The monoisotopic (exact) mass is 371 g/mol. The highest BCUT2D eigenvalue weighted by molar-refractivity contribution is 6.06. The van der Waals surface area contributed by atoms with Gasteiger partial charge >= 0.3 is 0 Å². The van der Waals surface area contributed by atoms with Crippen LogP contribution in [0.25, 0.3) is 10.9 Å². The number of aryl methyl sites for hydroxylation is 1. The number of benzene rings is 1. The van der Waals surface area contributed by atoms with Crippen LogP contribution in [0.15, 0.2) is 24.3 Å². The second-order valence-electron chi connectivity index (χ2n) is 7.05. The first kappa shape index (κ1) is 19.3. The number of amides is 2. The minimum Gasteiger partial charge on any atom is -0.343 e. The van der Waals surface area contributed by atoms with Gasteiger partial charge in [-0.2, -0.15) is 0 Å². The summed E-state index contributed by atoms with van der Waals surface area (Å²) in [6.07, 6.45) is 1.36.